The van der Waals surface area contributed by atoms with Gasteiger partial charge < -0.3 is 4.98 Å². The number of nitrogens with one attached hydrogen (secondary N) is 3. The van der Waals surface area contributed by atoms with Crippen molar-refractivity contribution in [3.05, 3.63) is 46.1 Å². The van der Waals surface area contributed by atoms with Crippen LogP contribution in [0, 0.1) is 13.8 Å². The van der Waals surface area contributed by atoms with Crippen LogP contribution in [0.15, 0.2) is 34.0 Å². The first-order chi connectivity index (χ1) is 10.9. The average Bonchev–Trinajstić information content (AvgIpc) is 2.99. The molecule has 1 aromatic carbocycles. The number of sulfonamides is 1. The maximum Gasteiger partial charge on any atom is 0.326 e. The van der Waals surface area contributed by atoms with E-state index >= 15 is 0 Å². The maximum absolute atomic E-state index is 12.3. The van der Waals surface area contributed by atoms with Gasteiger partial charge in [-0.1, -0.05) is 12.1 Å². The van der Waals surface area contributed by atoms with E-state index in [-0.39, 0.29) is 23.7 Å². The van der Waals surface area contributed by atoms with Crippen LogP contribution in [0.5, 0.6) is 0 Å². The molecule has 0 fully saturated rings. The van der Waals surface area contributed by atoms with E-state index in [2.05, 4.69) is 19.9 Å². The molecule has 0 spiro atoms. The Bertz CT molecular complexity index is 993. The monoisotopic (exact) mass is 335 g/mol. The SMILES string of the molecule is Cc1n[nH]c(C)c1S(=O)(=O)NCCn1c(=O)[nH]c2ccccc21. The van der Waals surface area contributed by atoms with Crippen LogP contribution >= 0.6 is 0 Å². The smallest absolute Gasteiger partial charge is 0.306 e. The summed E-state index contributed by atoms with van der Waals surface area (Å²) in [6.07, 6.45) is 0. The molecule has 0 bridgehead atoms. The quantitative estimate of drug-likeness (QED) is 0.635. The zero-order chi connectivity index (χ0) is 16.6. The molecule has 0 radical (unpaired) electrons. The summed E-state index contributed by atoms with van der Waals surface area (Å²) < 4.78 is 28.7. The Hall–Kier alpha value is -2.39. The van der Waals surface area contributed by atoms with E-state index in [0.29, 0.717) is 11.4 Å². The van der Waals surface area contributed by atoms with Crippen LogP contribution in [0.3, 0.4) is 0 Å². The highest BCUT2D eigenvalue weighted by Gasteiger charge is 2.21. The Morgan fingerprint density at radius 1 is 1.26 bits per heavy atom. The minimum Gasteiger partial charge on any atom is -0.306 e. The Balaban J connectivity index is 1.79. The highest BCUT2D eigenvalue weighted by atomic mass is 32.2. The number of hydrogen-bond donors (Lipinski definition) is 3. The van der Waals surface area contributed by atoms with E-state index in [1.54, 1.807) is 19.9 Å². The molecule has 0 aliphatic heterocycles. The Morgan fingerprint density at radius 3 is 2.70 bits per heavy atom. The number of aryl methyl sites for hydroxylation is 2. The summed E-state index contributed by atoms with van der Waals surface area (Å²) in [7, 11) is -3.67. The molecule has 0 amide bonds. The fraction of sp³-hybridized carbons (Fsp3) is 0.286. The molecule has 0 aliphatic rings. The van der Waals surface area contributed by atoms with E-state index in [4.69, 9.17) is 0 Å². The molecule has 0 aliphatic carbocycles. The van der Waals surface area contributed by atoms with Gasteiger partial charge in [-0.3, -0.25) is 9.67 Å². The molecule has 0 saturated heterocycles. The average molecular weight is 335 g/mol. The Labute approximate surface area is 132 Å². The summed E-state index contributed by atoms with van der Waals surface area (Å²) in [5.41, 5.74) is 2.11. The van der Waals surface area contributed by atoms with E-state index < -0.39 is 10.0 Å². The second-order valence-corrected chi connectivity index (χ2v) is 6.96. The van der Waals surface area contributed by atoms with Gasteiger partial charge in [-0.25, -0.2) is 17.9 Å². The fourth-order valence-corrected chi connectivity index (χ4v) is 4.02. The summed E-state index contributed by atoms with van der Waals surface area (Å²) in [4.78, 5) is 14.8. The summed E-state index contributed by atoms with van der Waals surface area (Å²) in [5, 5.41) is 6.54. The van der Waals surface area contributed by atoms with Gasteiger partial charge in [0.25, 0.3) is 0 Å². The molecule has 3 rings (SSSR count). The minimum atomic E-state index is -3.67. The van der Waals surface area contributed by atoms with Gasteiger partial charge in [-0.05, 0) is 26.0 Å². The molecule has 9 heteroatoms. The molecule has 3 N–H and O–H groups in total. The van der Waals surface area contributed by atoms with E-state index in [9.17, 15) is 13.2 Å². The normalized spacial score (nSPS) is 12.1. The molecule has 0 atom stereocenters. The number of imidazole rings is 1. The van der Waals surface area contributed by atoms with Gasteiger partial charge in [0.15, 0.2) is 0 Å². The lowest BCUT2D eigenvalue weighted by Gasteiger charge is -2.07. The van der Waals surface area contributed by atoms with Crippen molar-refractivity contribution in [2.45, 2.75) is 25.3 Å². The van der Waals surface area contributed by atoms with Gasteiger partial charge in [0.1, 0.15) is 4.90 Å². The molecule has 2 heterocycles. The molecule has 122 valence electrons. The van der Waals surface area contributed by atoms with Crippen LogP contribution in [-0.4, -0.2) is 34.7 Å². The topological polar surface area (TPSA) is 113 Å². The van der Waals surface area contributed by atoms with E-state index in [1.807, 2.05) is 18.2 Å². The lowest BCUT2D eigenvalue weighted by Crippen LogP contribution is -2.30. The van der Waals surface area contributed by atoms with Crippen molar-refractivity contribution in [1.82, 2.24) is 24.5 Å². The van der Waals surface area contributed by atoms with Crippen LogP contribution in [0.25, 0.3) is 11.0 Å². The third kappa shape index (κ3) is 2.80. The summed E-state index contributed by atoms with van der Waals surface area (Å²) >= 11 is 0. The number of para-hydroxylation sites is 2. The number of benzene rings is 1. The lowest BCUT2D eigenvalue weighted by molar-refractivity contribution is 0.571. The maximum atomic E-state index is 12.3. The molecule has 2 aromatic heterocycles. The van der Waals surface area contributed by atoms with Crippen molar-refractivity contribution in [1.29, 1.82) is 0 Å². The third-order valence-corrected chi connectivity index (χ3v) is 5.36. The van der Waals surface area contributed by atoms with Gasteiger partial charge in [-0.2, -0.15) is 5.10 Å². The number of fused-ring (bicyclic) bond motifs is 1. The van der Waals surface area contributed by atoms with Crippen LogP contribution in [0.1, 0.15) is 11.4 Å². The van der Waals surface area contributed by atoms with Crippen LogP contribution < -0.4 is 10.4 Å². The molecular weight excluding hydrogens is 318 g/mol. The van der Waals surface area contributed by atoms with Crippen molar-refractivity contribution in [2.24, 2.45) is 0 Å². The number of aromatic amines is 2. The number of aromatic nitrogens is 4. The third-order valence-electron chi connectivity index (χ3n) is 3.64. The standard InChI is InChI=1S/C14H17N5O3S/c1-9-13(10(2)18-17-9)23(21,22)15-7-8-19-12-6-4-3-5-11(12)16-14(19)20/h3-6,15H,7-8H2,1-2H3,(H,16,20)(H,17,18). The summed E-state index contributed by atoms with van der Waals surface area (Å²) in [6.45, 7) is 3.62. The van der Waals surface area contributed by atoms with Gasteiger partial charge in [-0.15, -0.1) is 0 Å². The zero-order valence-corrected chi connectivity index (χ0v) is 13.6. The molecule has 0 saturated carbocycles. The molecule has 8 nitrogen and oxygen atoms in total. The number of rotatable bonds is 5. The highest BCUT2D eigenvalue weighted by Crippen LogP contribution is 2.16. The highest BCUT2D eigenvalue weighted by molar-refractivity contribution is 7.89. The first-order valence-corrected chi connectivity index (χ1v) is 8.57. The summed E-state index contributed by atoms with van der Waals surface area (Å²) in [5.74, 6) is 0. The lowest BCUT2D eigenvalue weighted by atomic mass is 10.3. The van der Waals surface area contributed by atoms with Gasteiger partial charge in [0.05, 0.1) is 22.4 Å². The summed E-state index contributed by atoms with van der Waals surface area (Å²) in [6, 6.07) is 7.27. The van der Waals surface area contributed by atoms with E-state index in [1.165, 1.54) is 4.57 Å². The van der Waals surface area contributed by atoms with Crippen LogP contribution in [0.2, 0.25) is 0 Å². The second kappa shape index (κ2) is 5.67. The van der Waals surface area contributed by atoms with Gasteiger partial charge >= 0.3 is 5.69 Å². The first kappa shape index (κ1) is 15.5. The Morgan fingerprint density at radius 2 is 2.00 bits per heavy atom. The predicted octanol–water partition coefficient (Wildman–Crippen LogP) is 0.648. The van der Waals surface area contributed by atoms with Crippen molar-refractivity contribution >= 4 is 21.1 Å². The molecule has 0 unspecified atom stereocenters. The van der Waals surface area contributed by atoms with Crippen molar-refractivity contribution in [2.75, 3.05) is 6.54 Å². The van der Waals surface area contributed by atoms with Crippen LogP contribution in [-0.2, 0) is 16.6 Å². The van der Waals surface area contributed by atoms with Crippen LogP contribution in [0.4, 0.5) is 0 Å². The predicted molar refractivity (Wildman–Crippen MR) is 85.8 cm³/mol. The van der Waals surface area contributed by atoms with Crippen molar-refractivity contribution < 1.29 is 8.42 Å². The second-order valence-electron chi connectivity index (χ2n) is 5.26. The van der Waals surface area contributed by atoms with E-state index in [0.717, 1.165) is 11.0 Å². The number of nitrogens with zero attached hydrogens (tertiary/aromatic N) is 2. The molecule has 3 aromatic rings. The first-order valence-electron chi connectivity index (χ1n) is 7.09. The zero-order valence-electron chi connectivity index (χ0n) is 12.8. The van der Waals surface area contributed by atoms with Crippen molar-refractivity contribution in [3.8, 4) is 0 Å². The Kier molecular flexibility index (Phi) is 3.82. The number of hydrogen-bond acceptors (Lipinski definition) is 4. The number of H-pyrrole nitrogens is 2. The van der Waals surface area contributed by atoms with Gasteiger partial charge in [0.2, 0.25) is 10.0 Å². The minimum absolute atomic E-state index is 0.105. The van der Waals surface area contributed by atoms with Gasteiger partial charge in [0, 0.05) is 13.1 Å². The largest absolute Gasteiger partial charge is 0.326 e. The van der Waals surface area contributed by atoms with Crippen molar-refractivity contribution in [3.63, 3.8) is 0 Å². The molecular formula is C14H17N5O3S. The fourth-order valence-electron chi connectivity index (χ4n) is 2.63. The molecule has 23 heavy (non-hydrogen) atoms.